The molecule has 0 aromatic heterocycles. The Hall–Kier alpha value is 0.0700. The van der Waals surface area contributed by atoms with Gasteiger partial charge >= 0.3 is 7.60 Å². The topological polar surface area (TPSA) is 65.0 Å². The summed E-state index contributed by atoms with van der Waals surface area (Å²) in [6.07, 6.45) is 1.55. The normalized spacial score (nSPS) is 45.9. The van der Waals surface area contributed by atoms with Gasteiger partial charge in [0.2, 0.25) is 0 Å². The minimum Gasteiger partial charge on any atom is -0.382 e. The van der Waals surface area contributed by atoms with Crippen molar-refractivity contribution < 1.29 is 23.5 Å². The summed E-state index contributed by atoms with van der Waals surface area (Å²) in [5.74, 6) is 0.204. The average Bonchev–Trinajstić information content (AvgIpc) is 2.54. The predicted molar refractivity (Wildman–Crippen MR) is 58.5 cm³/mol. The molecule has 0 aromatic carbocycles. The highest BCUT2D eigenvalue weighted by atomic mass is 31.2. The van der Waals surface area contributed by atoms with Gasteiger partial charge in [0.15, 0.2) is 0 Å². The molecule has 1 heterocycles. The fraction of sp³-hybridized carbons (Fsp3) is 1.00. The van der Waals surface area contributed by atoms with E-state index in [0.29, 0.717) is 6.61 Å². The molecule has 0 amide bonds. The van der Waals surface area contributed by atoms with Crippen LogP contribution >= 0.6 is 7.60 Å². The zero-order chi connectivity index (χ0) is 12.0. The maximum atomic E-state index is 11.4. The van der Waals surface area contributed by atoms with E-state index >= 15 is 0 Å². The van der Waals surface area contributed by atoms with Crippen LogP contribution in [0.5, 0.6) is 0 Å². The first-order valence-electron chi connectivity index (χ1n) is 5.53. The van der Waals surface area contributed by atoms with Crippen LogP contribution in [0.2, 0.25) is 0 Å². The molecule has 94 valence electrons. The van der Waals surface area contributed by atoms with E-state index in [0.717, 1.165) is 12.8 Å². The van der Waals surface area contributed by atoms with Crippen LogP contribution in [0, 0.1) is 5.92 Å². The van der Waals surface area contributed by atoms with Gasteiger partial charge in [-0.1, -0.05) is 0 Å². The molecule has 1 aliphatic carbocycles. The van der Waals surface area contributed by atoms with Crippen LogP contribution < -0.4 is 0 Å². The fourth-order valence-corrected chi connectivity index (χ4v) is 3.75. The lowest BCUT2D eigenvalue weighted by molar-refractivity contribution is -0.117. The molecule has 6 heteroatoms. The molecule has 2 unspecified atom stereocenters. The summed E-state index contributed by atoms with van der Waals surface area (Å²) in [6.45, 7) is 3.62. The van der Waals surface area contributed by atoms with Crippen molar-refractivity contribution in [2.24, 2.45) is 5.92 Å². The van der Waals surface area contributed by atoms with Crippen molar-refractivity contribution >= 4 is 7.60 Å². The van der Waals surface area contributed by atoms with E-state index < -0.39 is 13.2 Å². The summed E-state index contributed by atoms with van der Waals surface area (Å²) in [6, 6.07) is 0. The smallest absolute Gasteiger partial charge is 0.325 e. The zero-order valence-electron chi connectivity index (χ0n) is 9.88. The van der Waals surface area contributed by atoms with Gasteiger partial charge < -0.3 is 18.9 Å². The SMILES string of the molecule is COC[C@@]12CCC([C@H](C)O1)[C@H]2OP(C)(=O)O. The van der Waals surface area contributed by atoms with Crippen molar-refractivity contribution in [3.63, 3.8) is 0 Å². The third-order valence-electron chi connectivity index (χ3n) is 3.53. The quantitative estimate of drug-likeness (QED) is 0.764. The molecule has 1 saturated heterocycles. The zero-order valence-corrected chi connectivity index (χ0v) is 10.8. The van der Waals surface area contributed by atoms with E-state index in [1.807, 2.05) is 6.92 Å². The molecule has 1 aliphatic heterocycles. The van der Waals surface area contributed by atoms with Gasteiger partial charge in [0, 0.05) is 19.7 Å². The number of methoxy groups -OCH3 is 1. The van der Waals surface area contributed by atoms with Crippen LogP contribution in [0.25, 0.3) is 0 Å². The second kappa shape index (κ2) is 4.07. The highest BCUT2D eigenvalue weighted by Crippen LogP contribution is 2.55. The van der Waals surface area contributed by atoms with E-state index in [-0.39, 0.29) is 18.1 Å². The van der Waals surface area contributed by atoms with Crippen LogP contribution in [-0.2, 0) is 18.6 Å². The third-order valence-corrected chi connectivity index (χ3v) is 4.15. The molecule has 2 aliphatic rings. The molecule has 5 atom stereocenters. The van der Waals surface area contributed by atoms with Gasteiger partial charge in [0.1, 0.15) is 11.7 Å². The predicted octanol–water partition coefficient (Wildman–Crippen LogP) is 1.40. The van der Waals surface area contributed by atoms with Crippen LogP contribution in [0.15, 0.2) is 0 Å². The molecule has 0 radical (unpaired) electrons. The van der Waals surface area contributed by atoms with Crippen molar-refractivity contribution in [2.45, 2.75) is 37.6 Å². The second-order valence-corrected chi connectivity index (χ2v) is 6.67. The average molecular weight is 250 g/mol. The lowest BCUT2D eigenvalue weighted by Gasteiger charge is -2.31. The Morgan fingerprint density at radius 1 is 1.62 bits per heavy atom. The van der Waals surface area contributed by atoms with Crippen molar-refractivity contribution in [1.82, 2.24) is 0 Å². The van der Waals surface area contributed by atoms with Gasteiger partial charge in [0.05, 0.1) is 12.7 Å². The monoisotopic (exact) mass is 250 g/mol. The minimum atomic E-state index is -3.48. The maximum absolute atomic E-state index is 11.4. The molecule has 16 heavy (non-hydrogen) atoms. The highest BCUT2D eigenvalue weighted by Gasteiger charge is 2.60. The molecule has 2 rings (SSSR count). The van der Waals surface area contributed by atoms with Crippen LogP contribution in [0.3, 0.4) is 0 Å². The van der Waals surface area contributed by atoms with Gasteiger partial charge in [-0.25, -0.2) is 0 Å². The van der Waals surface area contributed by atoms with Gasteiger partial charge in [-0.05, 0) is 19.8 Å². The van der Waals surface area contributed by atoms with Crippen molar-refractivity contribution in [2.75, 3.05) is 20.4 Å². The van der Waals surface area contributed by atoms with E-state index in [1.165, 1.54) is 6.66 Å². The van der Waals surface area contributed by atoms with Crippen molar-refractivity contribution in [3.8, 4) is 0 Å². The number of hydrogen-bond donors (Lipinski definition) is 1. The summed E-state index contributed by atoms with van der Waals surface area (Å²) in [5.41, 5.74) is -0.521. The lowest BCUT2D eigenvalue weighted by atomic mass is 9.99. The van der Waals surface area contributed by atoms with Gasteiger partial charge in [0.25, 0.3) is 0 Å². The standard InChI is InChI=1S/C10H19O5P/c1-7-8-4-5-10(14-7,6-13-2)9(8)15-16(3,11)12/h7-9H,4-6H2,1-3H3,(H,11,12)/t7-,8?,9+,10+/m0/s1. The van der Waals surface area contributed by atoms with Crippen LogP contribution in [0.4, 0.5) is 0 Å². The summed E-state index contributed by atoms with van der Waals surface area (Å²) >= 11 is 0. The molecule has 1 saturated carbocycles. The van der Waals surface area contributed by atoms with Crippen molar-refractivity contribution in [3.05, 3.63) is 0 Å². The molecule has 0 aromatic rings. The van der Waals surface area contributed by atoms with E-state index in [9.17, 15) is 9.46 Å². The molecular weight excluding hydrogens is 231 g/mol. The molecule has 1 N–H and O–H groups in total. The summed E-state index contributed by atoms with van der Waals surface area (Å²) in [7, 11) is -1.87. The van der Waals surface area contributed by atoms with Gasteiger partial charge in [-0.2, -0.15) is 0 Å². The Kier molecular flexibility index (Phi) is 3.19. The fourth-order valence-electron chi connectivity index (χ4n) is 2.98. The Morgan fingerprint density at radius 2 is 2.31 bits per heavy atom. The Bertz CT molecular complexity index is 314. The van der Waals surface area contributed by atoms with Crippen LogP contribution in [-0.4, -0.2) is 43.1 Å². The first-order chi connectivity index (χ1) is 7.38. The molecule has 0 spiro atoms. The number of hydrogen-bond acceptors (Lipinski definition) is 4. The van der Waals surface area contributed by atoms with E-state index in [4.69, 9.17) is 14.0 Å². The Labute approximate surface area is 95.6 Å². The molecule has 2 fully saturated rings. The van der Waals surface area contributed by atoms with Gasteiger partial charge in [-0.3, -0.25) is 4.57 Å². The number of fused-ring (bicyclic) bond motifs is 2. The van der Waals surface area contributed by atoms with Gasteiger partial charge in [-0.15, -0.1) is 0 Å². The minimum absolute atomic E-state index is 0.0699. The summed E-state index contributed by atoms with van der Waals surface area (Å²) in [5, 5.41) is 0. The third kappa shape index (κ3) is 2.07. The largest absolute Gasteiger partial charge is 0.382 e. The number of ether oxygens (including phenoxy) is 2. The lowest BCUT2D eigenvalue weighted by Crippen LogP contribution is -2.42. The van der Waals surface area contributed by atoms with Crippen LogP contribution in [0.1, 0.15) is 19.8 Å². The van der Waals surface area contributed by atoms with Crippen molar-refractivity contribution in [1.29, 1.82) is 0 Å². The molecule has 5 nitrogen and oxygen atoms in total. The van der Waals surface area contributed by atoms with E-state index in [2.05, 4.69) is 0 Å². The Balaban J connectivity index is 2.19. The maximum Gasteiger partial charge on any atom is 0.325 e. The van der Waals surface area contributed by atoms with E-state index in [1.54, 1.807) is 7.11 Å². The summed E-state index contributed by atoms with van der Waals surface area (Å²) in [4.78, 5) is 9.35. The first-order valence-corrected chi connectivity index (χ1v) is 7.56. The summed E-state index contributed by atoms with van der Waals surface area (Å²) < 4.78 is 27.7. The molecule has 2 bridgehead atoms. The Morgan fingerprint density at radius 3 is 2.81 bits per heavy atom. The molecular formula is C10H19O5P. The second-order valence-electron chi connectivity index (χ2n) is 4.85. The highest BCUT2D eigenvalue weighted by molar-refractivity contribution is 7.51. The number of rotatable bonds is 4. The first kappa shape index (κ1) is 12.5.